The van der Waals surface area contributed by atoms with Gasteiger partial charge in [-0.3, -0.25) is 9.59 Å². The number of furan rings is 1. The Kier molecular flexibility index (Phi) is 7.23. The lowest BCUT2D eigenvalue weighted by molar-refractivity contribution is -0.140. The maximum Gasteiger partial charge on any atom is 0.296 e. The molecule has 1 saturated heterocycles. The van der Waals surface area contributed by atoms with Gasteiger partial charge in [0.15, 0.2) is 0 Å². The molecular formula is C32H29NO6. The van der Waals surface area contributed by atoms with Gasteiger partial charge in [-0.05, 0) is 73.0 Å². The Morgan fingerprint density at radius 1 is 0.923 bits per heavy atom. The fourth-order valence-electron chi connectivity index (χ4n) is 4.76. The Labute approximate surface area is 226 Å². The summed E-state index contributed by atoms with van der Waals surface area (Å²) in [4.78, 5) is 28.0. The number of ether oxygens (including phenoxy) is 2. The minimum atomic E-state index is -0.890. The van der Waals surface area contributed by atoms with Gasteiger partial charge in [-0.15, -0.1) is 0 Å². The van der Waals surface area contributed by atoms with Crippen LogP contribution in [0, 0.1) is 13.8 Å². The summed E-state index contributed by atoms with van der Waals surface area (Å²) in [6.07, 6.45) is 0. The number of aliphatic hydroxyl groups excluding tert-OH is 1. The molecule has 1 aliphatic rings. The number of likely N-dealkylation sites (tertiary alicyclic amines) is 1. The predicted octanol–water partition coefficient (Wildman–Crippen LogP) is 6.11. The summed E-state index contributed by atoms with van der Waals surface area (Å²) in [7, 11) is 1.57. The van der Waals surface area contributed by atoms with E-state index in [2.05, 4.69) is 0 Å². The van der Waals surface area contributed by atoms with Crippen LogP contribution in [0.3, 0.4) is 0 Å². The highest BCUT2D eigenvalue weighted by molar-refractivity contribution is 6.46. The third-order valence-electron chi connectivity index (χ3n) is 6.74. The number of carbonyl (C=O) groups excluding carboxylic acids is 2. The van der Waals surface area contributed by atoms with Gasteiger partial charge in [0.25, 0.3) is 11.7 Å². The number of methoxy groups -OCH3 is 1. The predicted molar refractivity (Wildman–Crippen MR) is 146 cm³/mol. The number of hydrogen-bond donors (Lipinski definition) is 1. The number of Topliss-reactive ketones (excluding diaryl/α,β-unsaturated/α-hetero) is 1. The highest BCUT2D eigenvalue weighted by Crippen LogP contribution is 2.41. The van der Waals surface area contributed by atoms with E-state index in [9.17, 15) is 14.7 Å². The molecule has 1 N–H and O–H groups in total. The third-order valence-corrected chi connectivity index (χ3v) is 6.74. The van der Waals surface area contributed by atoms with Crippen LogP contribution in [0.25, 0.3) is 5.76 Å². The van der Waals surface area contributed by atoms with Gasteiger partial charge in [0, 0.05) is 12.1 Å². The van der Waals surface area contributed by atoms with Crippen LogP contribution in [0.2, 0.25) is 0 Å². The second-order valence-corrected chi connectivity index (χ2v) is 9.48. The van der Waals surface area contributed by atoms with Crippen molar-refractivity contribution in [2.75, 3.05) is 7.11 Å². The van der Waals surface area contributed by atoms with E-state index in [0.717, 1.165) is 16.7 Å². The van der Waals surface area contributed by atoms with Crippen LogP contribution >= 0.6 is 0 Å². The van der Waals surface area contributed by atoms with Crippen molar-refractivity contribution in [3.8, 4) is 11.5 Å². The molecule has 0 bridgehead atoms. The van der Waals surface area contributed by atoms with E-state index < -0.39 is 17.7 Å². The van der Waals surface area contributed by atoms with Crippen molar-refractivity contribution in [3.63, 3.8) is 0 Å². The lowest BCUT2D eigenvalue weighted by Gasteiger charge is -2.23. The molecule has 1 unspecified atom stereocenters. The van der Waals surface area contributed by atoms with E-state index in [4.69, 9.17) is 13.9 Å². The number of carbonyl (C=O) groups is 2. The first kappa shape index (κ1) is 25.9. The zero-order valence-corrected chi connectivity index (χ0v) is 22.0. The highest BCUT2D eigenvalue weighted by Gasteiger charge is 2.47. The summed E-state index contributed by atoms with van der Waals surface area (Å²) < 4.78 is 17.2. The molecule has 1 fully saturated rings. The van der Waals surface area contributed by atoms with Crippen molar-refractivity contribution in [1.29, 1.82) is 0 Å². The van der Waals surface area contributed by atoms with E-state index in [1.165, 1.54) is 4.90 Å². The maximum atomic E-state index is 13.3. The Morgan fingerprint density at radius 3 is 2.38 bits per heavy atom. The monoisotopic (exact) mass is 523 g/mol. The molecule has 0 spiro atoms. The number of amides is 1. The zero-order valence-electron chi connectivity index (χ0n) is 22.0. The van der Waals surface area contributed by atoms with Crippen molar-refractivity contribution in [1.82, 2.24) is 4.90 Å². The number of benzene rings is 3. The molecule has 1 aliphatic heterocycles. The molecule has 1 amide bonds. The molecule has 198 valence electrons. The summed E-state index contributed by atoms with van der Waals surface area (Å²) in [5.74, 6) is 0.586. The molecule has 1 aromatic heterocycles. The van der Waals surface area contributed by atoms with Crippen molar-refractivity contribution in [2.24, 2.45) is 0 Å². The fourth-order valence-corrected chi connectivity index (χ4v) is 4.76. The van der Waals surface area contributed by atoms with Crippen LogP contribution in [-0.4, -0.2) is 28.8 Å². The quantitative estimate of drug-likeness (QED) is 0.170. The van der Waals surface area contributed by atoms with Crippen molar-refractivity contribution >= 4 is 17.4 Å². The van der Waals surface area contributed by atoms with Gasteiger partial charge in [-0.2, -0.15) is 0 Å². The average Bonchev–Trinajstić information content (AvgIpc) is 3.48. The summed E-state index contributed by atoms with van der Waals surface area (Å²) in [5.41, 5.74) is 2.99. The molecule has 4 aromatic rings. The minimum Gasteiger partial charge on any atom is -0.507 e. The molecular weight excluding hydrogens is 494 g/mol. The molecule has 7 heteroatoms. The molecule has 1 atom stereocenters. The Balaban J connectivity index is 1.50. The molecule has 0 saturated carbocycles. The first-order chi connectivity index (χ1) is 18.9. The van der Waals surface area contributed by atoms with Crippen molar-refractivity contribution in [2.45, 2.75) is 33.0 Å². The van der Waals surface area contributed by atoms with Gasteiger partial charge in [-0.25, -0.2) is 0 Å². The second-order valence-electron chi connectivity index (χ2n) is 9.48. The number of aryl methyl sites for hydroxylation is 2. The van der Waals surface area contributed by atoms with Crippen molar-refractivity contribution < 1.29 is 28.6 Å². The van der Waals surface area contributed by atoms with E-state index in [1.54, 1.807) is 56.5 Å². The Hall–Kier alpha value is -4.78. The maximum absolute atomic E-state index is 13.3. The lowest BCUT2D eigenvalue weighted by Crippen LogP contribution is -2.29. The SMILES string of the molecule is COc1cccc(CN2C(=O)C(=O)/C(=C(\O)c3ccc(OCc4ccccc4)c(C)c3)C2c2ccc(C)o2)c1. The van der Waals surface area contributed by atoms with Gasteiger partial charge >= 0.3 is 0 Å². The van der Waals surface area contributed by atoms with Crippen LogP contribution in [0.5, 0.6) is 11.5 Å². The number of aliphatic hydroxyl groups is 1. The third kappa shape index (κ3) is 5.29. The summed E-state index contributed by atoms with van der Waals surface area (Å²) in [6.45, 7) is 4.19. The molecule has 3 aromatic carbocycles. The number of hydrogen-bond acceptors (Lipinski definition) is 6. The molecule has 7 nitrogen and oxygen atoms in total. The fraction of sp³-hybridized carbons (Fsp3) is 0.188. The van der Waals surface area contributed by atoms with E-state index in [1.807, 2.05) is 49.4 Å². The first-order valence-corrected chi connectivity index (χ1v) is 12.6. The standard InChI is InChI=1S/C32H29NO6/c1-20-16-24(13-15-26(20)38-19-22-8-5-4-6-9-22)30(34)28-29(27-14-12-21(2)39-27)33(32(36)31(28)35)18-23-10-7-11-25(17-23)37-3/h4-17,29,34H,18-19H2,1-3H3/b30-28-. The van der Waals surface area contributed by atoms with Crippen LogP contribution in [0.4, 0.5) is 0 Å². The lowest BCUT2D eigenvalue weighted by atomic mass is 9.98. The Morgan fingerprint density at radius 2 is 1.69 bits per heavy atom. The van der Waals surface area contributed by atoms with E-state index in [-0.39, 0.29) is 17.9 Å². The molecule has 2 heterocycles. The molecule has 5 rings (SSSR count). The number of ketones is 1. The Bertz CT molecular complexity index is 1550. The van der Waals surface area contributed by atoms with Crippen LogP contribution < -0.4 is 9.47 Å². The van der Waals surface area contributed by atoms with Gasteiger partial charge < -0.3 is 23.9 Å². The highest BCUT2D eigenvalue weighted by atomic mass is 16.5. The molecule has 0 aliphatic carbocycles. The number of rotatable bonds is 8. The van der Waals surface area contributed by atoms with Crippen LogP contribution in [0.1, 0.15) is 39.8 Å². The van der Waals surface area contributed by atoms with Gasteiger partial charge in [0.2, 0.25) is 0 Å². The van der Waals surface area contributed by atoms with Gasteiger partial charge in [0.05, 0.1) is 12.7 Å². The second kappa shape index (κ2) is 10.9. The van der Waals surface area contributed by atoms with E-state index >= 15 is 0 Å². The average molecular weight is 524 g/mol. The van der Waals surface area contributed by atoms with Crippen LogP contribution in [-0.2, 0) is 22.7 Å². The summed E-state index contributed by atoms with van der Waals surface area (Å²) in [6, 6.07) is 24.9. The minimum absolute atomic E-state index is 0.0189. The van der Waals surface area contributed by atoms with Crippen LogP contribution in [0.15, 0.2) is 94.9 Å². The zero-order chi connectivity index (χ0) is 27.5. The summed E-state index contributed by atoms with van der Waals surface area (Å²) in [5, 5.41) is 11.4. The smallest absolute Gasteiger partial charge is 0.296 e. The van der Waals surface area contributed by atoms with E-state index in [0.29, 0.717) is 35.2 Å². The topological polar surface area (TPSA) is 89.2 Å². The number of nitrogens with zero attached hydrogens (tertiary/aromatic N) is 1. The van der Waals surface area contributed by atoms with Crippen molar-refractivity contribution in [3.05, 3.63) is 124 Å². The normalized spacial score (nSPS) is 16.5. The van der Waals surface area contributed by atoms with Gasteiger partial charge in [-0.1, -0.05) is 42.5 Å². The molecule has 0 radical (unpaired) electrons. The first-order valence-electron chi connectivity index (χ1n) is 12.6. The summed E-state index contributed by atoms with van der Waals surface area (Å²) >= 11 is 0. The van der Waals surface area contributed by atoms with Gasteiger partial charge in [0.1, 0.15) is 41.4 Å². The largest absolute Gasteiger partial charge is 0.507 e. The molecule has 39 heavy (non-hydrogen) atoms.